The lowest BCUT2D eigenvalue weighted by molar-refractivity contribution is 0.207. The van der Waals surface area contributed by atoms with Crippen molar-refractivity contribution in [2.24, 2.45) is 0 Å². The van der Waals surface area contributed by atoms with E-state index in [-0.39, 0.29) is 17.9 Å². The third-order valence-electron chi connectivity index (χ3n) is 3.35. The summed E-state index contributed by atoms with van der Waals surface area (Å²) in [5.41, 5.74) is 2.59. The monoisotopic (exact) mass is 183 g/mol. The number of benzene rings is 1. The summed E-state index contributed by atoms with van der Waals surface area (Å²) in [6.07, 6.45) is 2.12. The zero-order chi connectivity index (χ0) is 9.71. The molecular formula is C11H10BNO. The Labute approximate surface area is 84.3 Å². The normalized spacial score (nSPS) is 27.9. The van der Waals surface area contributed by atoms with E-state index in [4.69, 9.17) is 7.85 Å². The number of fused-ring (bicyclic) bond motifs is 5. The summed E-state index contributed by atoms with van der Waals surface area (Å²) < 4.78 is 0. The lowest BCUT2D eigenvalue weighted by Gasteiger charge is -2.20. The molecule has 1 fully saturated rings. The predicted molar refractivity (Wildman–Crippen MR) is 54.1 cm³/mol. The van der Waals surface area contributed by atoms with Crippen LogP contribution in [0.3, 0.4) is 0 Å². The summed E-state index contributed by atoms with van der Waals surface area (Å²) in [4.78, 5) is 13.1. The van der Waals surface area contributed by atoms with Crippen LogP contribution in [0.15, 0.2) is 24.3 Å². The molecule has 14 heavy (non-hydrogen) atoms. The number of nitrogens with zero attached hydrogens (tertiary/aromatic N) is 1. The Kier molecular flexibility index (Phi) is 1.52. The minimum atomic E-state index is -0.284. The van der Waals surface area contributed by atoms with Crippen LogP contribution in [0.25, 0.3) is 0 Å². The number of hydrogen-bond donors (Lipinski definition) is 0. The molecule has 3 heteroatoms. The molecule has 0 saturated carbocycles. The van der Waals surface area contributed by atoms with Gasteiger partial charge in [0, 0.05) is 0 Å². The molecule has 2 heterocycles. The number of rotatable bonds is 0. The maximum atomic E-state index is 11.3. The minimum absolute atomic E-state index is 0.244. The number of carbonyl (C=O) groups is 1. The highest BCUT2D eigenvalue weighted by molar-refractivity contribution is 6.57. The second-order valence-electron chi connectivity index (χ2n) is 3.98. The highest BCUT2D eigenvalue weighted by Crippen LogP contribution is 2.52. The maximum Gasteiger partial charge on any atom is 0.200 e. The highest BCUT2D eigenvalue weighted by Gasteiger charge is 2.44. The van der Waals surface area contributed by atoms with Gasteiger partial charge in [0.1, 0.15) is 0 Å². The summed E-state index contributed by atoms with van der Waals surface area (Å²) in [7, 11) is 5.38. The number of amides is 1. The van der Waals surface area contributed by atoms with E-state index in [1.165, 1.54) is 11.1 Å². The zero-order valence-electron chi connectivity index (χ0n) is 7.81. The first-order valence-corrected chi connectivity index (χ1v) is 4.95. The molecule has 2 nitrogen and oxygen atoms in total. The fraction of sp³-hybridized carbons (Fsp3) is 0.364. The quantitative estimate of drug-likeness (QED) is 0.564. The molecule has 1 aromatic rings. The molecule has 2 atom stereocenters. The van der Waals surface area contributed by atoms with Crippen molar-refractivity contribution in [2.75, 3.05) is 0 Å². The van der Waals surface area contributed by atoms with E-state index in [0.29, 0.717) is 0 Å². The molecule has 2 aliphatic heterocycles. The molecule has 0 spiro atoms. The Bertz CT molecular complexity index is 373. The topological polar surface area (TPSA) is 20.3 Å². The summed E-state index contributed by atoms with van der Waals surface area (Å²) in [5, 5.41) is 0. The van der Waals surface area contributed by atoms with Crippen molar-refractivity contribution in [1.29, 1.82) is 0 Å². The van der Waals surface area contributed by atoms with E-state index < -0.39 is 0 Å². The SMILES string of the molecule is [B]C(=O)N1C2CCC1c1ccccc12. The van der Waals surface area contributed by atoms with Crippen LogP contribution in [0.1, 0.15) is 36.1 Å². The summed E-state index contributed by atoms with van der Waals surface area (Å²) in [6.45, 7) is 0. The molecule has 2 aliphatic rings. The Morgan fingerprint density at radius 1 is 1.21 bits per heavy atom. The maximum absolute atomic E-state index is 11.3. The average Bonchev–Trinajstić information content (AvgIpc) is 2.73. The summed E-state index contributed by atoms with van der Waals surface area (Å²) >= 11 is 0. The average molecular weight is 183 g/mol. The fourth-order valence-electron chi connectivity index (χ4n) is 2.85. The molecule has 0 aliphatic carbocycles. The van der Waals surface area contributed by atoms with Gasteiger partial charge in [-0.3, -0.25) is 4.79 Å². The molecule has 1 aromatic carbocycles. The molecule has 1 amide bonds. The molecule has 3 rings (SSSR count). The Hall–Kier alpha value is -1.25. The van der Waals surface area contributed by atoms with Gasteiger partial charge in [0.25, 0.3) is 0 Å². The van der Waals surface area contributed by atoms with Gasteiger partial charge in [-0.1, -0.05) is 24.3 Å². The molecule has 2 unspecified atom stereocenters. The van der Waals surface area contributed by atoms with E-state index in [2.05, 4.69) is 12.1 Å². The van der Waals surface area contributed by atoms with E-state index in [9.17, 15) is 4.79 Å². The first-order valence-electron chi connectivity index (χ1n) is 4.95. The standard InChI is InChI=1S/C11H10BNO/c12-11(14)13-9-5-6-10(13)8-4-2-1-3-7(8)9/h1-4,9-10H,5-6H2. The van der Waals surface area contributed by atoms with E-state index in [1.54, 1.807) is 0 Å². The molecule has 68 valence electrons. The second-order valence-corrected chi connectivity index (χ2v) is 3.98. The summed E-state index contributed by atoms with van der Waals surface area (Å²) in [6, 6.07) is 8.75. The number of carbonyl (C=O) groups excluding carboxylic acids is 1. The molecule has 1 saturated heterocycles. The van der Waals surface area contributed by atoms with Gasteiger partial charge in [-0.05, 0) is 24.0 Å². The van der Waals surface area contributed by atoms with Crippen molar-refractivity contribution in [3.8, 4) is 0 Å². The van der Waals surface area contributed by atoms with Crippen LogP contribution >= 0.6 is 0 Å². The largest absolute Gasteiger partial charge is 0.338 e. The van der Waals surface area contributed by atoms with Gasteiger partial charge in [-0.25, -0.2) is 0 Å². The molecule has 0 aromatic heterocycles. The summed E-state index contributed by atoms with van der Waals surface area (Å²) in [5.74, 6) is -0.284. The van der Waals surface area contributed by atoms with Crippen molar-refractivity contribution >= 4 is 13.7 Å². The third-order valence-corrected chi connectivity index (χ3v) is 3.35. The lowest BCUT2D eigenvalue weighted by Crippen LogP contribution is -2.26. The van der Waals surface area contributed by atoms with Gasteiger partial charge in [-0.2, -0.15) is 0 Å². The van der Waals surface area contributed by atoms with Gasteiger partial charge in [0.2, 0.25) is 7.85 Å². The van der Waals surface area contributed by atoms with Crippen molar-refractivity contribution in [3.63, 3.8) is 0 Å². The lowest BCUT2D eigenvalue weighted by atomic mass is 9.92. The predicted octanol–water partition coefficient (Wildman–Crippen LogP) is 2.17. The molecule has 2 bridgehead atoms. The molecular weight excluding hydrogens is 173 g/mol. The molecule has 2 radical (unpaired) electrons. The van der Waals surface area contributed by atoms with Crippen LogP contribution in [0.2, 0.25) is 0 Å². The van der Waals surface area contributed by atoms with Gasteiger partial charge in [0.15, 0.2) is 5.81 Å². The minimum Gasteiger partial charge on any atom is -0.338 e. The van der Waals surface area contributed by atoms with Crippen LogP contribution < -0.4 is 0 Å². The zero-order valence-corrected chi connectivity index (χ0v) is 7.81. The third kappa shape index (κ3) is 0.847. The van der Waals surface area contributed by atoms with Gasteiger partial charge >= 0.3 is 0 Å². The van der Waals surface area contributed by atoms with Crippen LogP contribution in [0.5, 0.6) is 0 Å². The fourth-order valence-corrected chi connectivity index (χ4v) is 2.85. The Morgan fingerprint density at radius 3 is 2.14 bits per heavy atom. The van der Waals surface area contributed by atoms with Crippen LogP contribution in [-0.2, 0) is 0 Å². The van der Waals surface area contributed by atoms with Crippen molar-refractivity contribution in [1.82, 2.24) is 4.90 Å². The first-order chi connectivity index (χ1) is 6.79. The van der Waals surface area contributed by atoms with Crippen LogP contribution in [-0.4, -0.2) is 18.6 Å². The highest BCUT2D eigenvalue weighted by atomic mass is 16.2. The van der Waals surface area contributed by atoms with Gasteiger partial charge in [-0.15, -0.1) is 0 Å². The number of hydrogen-bond acceptors (Lipinski definition) is 1. The Morgan fingerprint density at radius 2 is 1.71 bits per heavy atom. The van der Waals surface area contributed by atoms with Crippen molar-refractivity contribution in [3.05, 3.63) is 35.4 Å². The Balaban J connectivity index is 2.13. The van der Waals surface area contributed by atoms with E-state index in [0.717, 1.165) is 12.8 Å². The van der Waals surface area contributed by atoms with Gasteiger partial charge in [0.05, 0.1) is 12.1 Å². The van der Waals surface area contributed by atoms with Crippen molar-refractivity contribution < 1.29 is 4.79 Å². The van der Waals surface area contributed by atoms with Gasteiger partial charge < -0.3 is 4.90 Å². The smallest absolute Gasteiger partial charge is 0.200 e. The first kappa shape index (κ1) is 8.10. The van der Waals surface area contributed by atoms with E-state index in [1.807, 2.05) is 17.0 Å². The van der Waals surface area contributed by atoms with E-state index >= 15 is 0 Å². The van der Waals surface area contributed by atoms with Crippen molar-refractivity contribution in [2.45, 2.75) is 24.9 Å². The molecule has 0 N–H and O–H groups in total. The van der Waals surface area contributed by atoms with Crippen LogP contribution in [0.4, 0.5) is 4.79 Å². The second kappa shape index (κ2) is 2.63. The van der Waals surface area contributed by atoms with Crippen LogP contribution in [0, 0.1) is 0 Å².